The predicted molar refractivity (Wildman–Crippen MR) is 78.2 cm³/mol. The number of esters is 1. The highest BCUT2D eigenvalue weighted by molar-refractivity contribution is 5.95. The largest absolute Gasteiger partial charge is 0.465 e. The van der Waals surface area contributed by atoms with Gasteiger partial charge in [-0.1, -0.05) is 0 Å². The molecule has 1 unspecified atom stereocenters. The normalized spacial score (nSPS) is 21.1. The van der Waals surface area contributed by atoms with Gasteiger partial charge in [-0.25, -0.2) is 9.78 Å². The first-order valence-electron chi connectivity index (χ1n) is 6.74. The third-order valence-corrected chi connectivity index (χ3v) is 3.28. The van der Waals surface area contributed by atoms with Gasteiger partial charge in [0.05, 0.1) is 37.3 Å². The standard InChI is InChI=1S/C14H21N3O4/c1-14(2)8-17(6-10(7-18)21-14)12-11(13(19)20-3)4-9(15)5-16-12/h4-5,10,18H,6-8,15H2,1-3H3. The van der Waals surface area contributed by atoms with Crippen LogP contribution in [0.1, 0.15) is 24.2 Å². The van der Waals surface area contributed by atoms with Crippen molar-refractivity contribution in [3.8, 4) is 0 Å². The van der Waals surface area contributed by atoms with Crippen LogP contribution in [0.3, 0.4) is 0 Å². The summed E-state index contributed by atoms with van der Waals surface area (Å²) in [4.78, 5) is 18.1. The Morgan fingerprint density at radius 1 is 1.67 bits per heavy atom. The van der Waals surface area contributed by atoms with Crippen LogP contribution in [0.25, 0.3) is 0 Å². The Morgan fingerprint density at radius 2 is 2.38 bits per heavy atom. The monoisotopic (exact) mass is 295 g/mol. The number of carbonyl (C=O) groups excluding carboxylic acids is 1. The first kappa shape index (κ1) is 15.5. The zero-order chi connectivity index (χ0) is 15.6. The average molecular weight is 295 g/mol. The van der Waals surface area contributed by atoms with Gasteiger partial charge in [-0.05, 0) is 19.9 Å². The number of anilines is 2. The third kappa shape index (κ3) is 3.43. The minimum atomic E-state index is -0.491. The molecule has 1 aromatic rings. The Labute approximate surface area is 123 Å². The van der Waals surface area contributed by atoms with E-state index in [0.29, 0.717) is 30.2 Å². The molecule has 1 saturated heterocycles. The van der Waals surface area contributed by atoms with Crippen molar-refractivity contribution in [1.29, 1.82) is 0 Å². The van der Waals surface area contributed by atoms with E-state index in [1.807, 2.05) is 18.7 Å². The summed E-state index contributed by atoms with van der Waals surface area (Å²) in [7, 11) is 1.31. The molecule has 21 heavy (non-hydrogen) atoms. The summed E-state index contributed by atoms with van der Waals surface area (Å²) in [5.74, 6) is 0.000483. The lowest BCUT2D eigenvalue weighted by molar-refractivity contribution is -0.101. The smallest absolute Gasteiger partial charge is 0.341 e. The molecule has 0 bridgehead atoms. The molecule has 1 fully saturated rings. The molecule has 0 amide bonds. The van der Waals surface area contributed by atoms with E-state index in [0.717, 1.165) is 0 Å². The van der Waals surface area contributed by atoms with Crippen molar-refractivity contribution in [1.82, 2.24) is 4.98 Å². The number of rotatable bonds is 3. The Balaban J connectivity index is 2.38. The fourth-order valence-electron chi connectivity index (χ4n) is 2.54. The summed E-state index contributed by atoms with van der Waals surface area (Å²) < 4.78 is 10.6. The molecule has 3 N–H and O–H groups in total. The molecule has 1 aliphatic heterocycles. The number of hydrogen-bond acceptors (Lipinski definition) is 7. The first-order valence-corrected chi connectivity index (χ1v) is 6.74. The number of aliphatic hydroxyl groups is 1. The summed E-state index contributed by atoms with van der Waals surface area (Å²) >= 11 is 0. The van der Waals surface area contributed by atoms with Crippen LogP contribution in [-0.4, -0.2) is 54.6 Å². The van der Waals surface area contributed by atoms with E-state index in [2.05, 4.69) is 4.98 Å². The van der Waals surface area contributed by atoms with Crippen LogP contribution in [0, 0.1) is 0 Å². The minimum Gasteiger partial charge on any atom is -0.465 e. The van der Waals surface area contributed by atoms with E-state index in [-0.39, 0.29) is 12.7 Å². The number of carbonyl (C=O) groups is 1. The lowest BCUT2D eigenvalue weighted by Gasteiger charge is -2.43. The van der Waals surface area contributed by atoms with Crippen molar-refractivity contribution in [2.75, 3.05) is 37.4 Å². The molecular formula is C14H21N3O4. The molecule has 2 rings (SSSR count). The highest BCUT2D eigenvalue weighted by atomic mass is 16.5. The van der Waals surface area contributed by atoms with Crippen molar-refractivity contribution < 1.29 is 19.4 Å². The number of aliphatic hydroxyl groups excluding tert-OH is 1. The second kappa shape index (κ2) is 5.87. The number of hydrogen-bond donors (Lipinski definition) is 2. The van der Waals surface area contributed by atoms with E-state index >= 15 is 0 Å². The molecular weight excluding hydrogens is 274 g/mol. The van der Waals surface area contributed by atoms with E-state index < -0.39 is 11.6 Å². The summed E-state index contributed by atoms with van der Waals surface area (Å²) in [5, 5.41) is 9.37. The van der Waals surface area contributed by atoms with Crippen molar-refractivity contribution in [2.45, 2.75) is 25.6 Å². The summed E-state index contributed by atoms with van der Waals surface area (Å²) in [6.45, 7) is 4.75. The molecule has 7 heteroatoms. The minimum absolute atomic E-state index is 0.0948. The number of nitrogens with zero attached hydrogens (tertiary/aromatic N) is 2. The number of nitrogens with two attached hydrogens (primary N) is 1. The fourth-order valence-corrected chi connectivity index (χ4v) is 2.54. The van der Waals surface area contributed by atoms with Gasteiger partial charge in [-0.2, -0.15) is 0 Å². The zero-order valence-corrected chi connectivity index (χ0v) is 12.5. The maximum atomic E-state index is 11.9. The predicted octanol–water partition coefficient (Wildman–Crippen LogP) is 0.426. The zero-order valence-electron chi connectivity index (χ0n) is 12.5. The van der Waals surface area contributed by atoms with Crippen molar-refractivity contribution in [3.05, 3.63) is 17.8 Å². The maximum Gasteiger partial charge on any atom is 0.341 e. The van der Waals surface area contributed by atoms with Crippen molar-refractivity contribution in [2.24, 2.45) is 0 Å². The van der Waals surface area contributed by atoms with Gasteiger partial charge in [0, 0.05) is 13.1 Å². The molecule has 0 aromatic carbocycles. The van der Waals surface area contributed by atoms with Crippen LogP contribution in [0.15, 0.2) is 12.3 Å². The van der Waals surface area contributed by atoms with E-state index in [4.69, 9.17) is 15.2 Å². The van der Waals surface area contributed by atoms with Crippen molar-refractivity contribution in [3.63, 3.8) is 0 Å². The van der Waals surface area contributed by atoms with E-state index in [9.17, 15) is 9.90 Å². The molecule has 7 nitrogen and oxygen atoms in total. The van der Waals surface area contributed by atoms with Crippen LogP contribution in [-0.2, 0) is 9.47 Å². The van der Waals surface area contributed by atoms with Crippen LogP contribution in [0.2, 0.25) is 0 Å². The SMILES string of the molecule is COC(=O)c1cc(N)cnc1N1CC(CO)OC(C)(C)C1. The second-order valence-corrected chi connectivity index (χ2v) is 5.69. The number of ether oxygens (including phenoxy) is 2. The fraction of sp³-hybridized carbons (Fsp3) is 0.571. The topological polar surface area (TPSA) is 97.9 Å². The lowest BCUT2D eigenvalue weighted by Crippen LogP contribution is -2.54. The molecule has 1 aromatic heterocycles. The van der Waals surface area contributed by atoms with Gasteiger partial charge in [0.25, 0.3) is 0 Å². The number of morpholine rings is 1. The van der Waals surface area contributed by atoms with Gasteiger partial charge in [-0.3, -0.25) is 0 Å². The lowest BCUT2D eigenvalue weighted by atomic mass is 10.0. The quantitative estimate of drug-likeness (QED) is 0.780. The van der Waals surface area contributed by atoms with Gasteiger partial charge >= 0.3 is 5.97 Å². The number of methoxy groups -OCH3 is 1. The molecule has 1 atom stereocenters. The first-order chi connectivity index (χ1) is 9.86. The summed E-state index contributed by atoms with van der Waals surface area (Å²) in [6.07, 6.45) is 1.16. The molecule has 2 heterocycles. The van der Waals surface area contributed by atoms with Crippen LogP contribution < -0.4 is 10.6 Å². The van der Waals surface area contributed by atoms with Crippen LogP contribution >= 0.6 is 0 Å². The Bertz CT molecular complexity index is 533. The Hall–Kier alpha value is -1.86. The summed E-state index contributed by atoms with van der Waals surface area (Å²) in [5.41, 5.74) is 5.95. The molecule has 1 aliphatic rings. The van der Waals surface area contributed by atoms with E-state index in [1.165, 1.54) is 13.3 Å². The second-order valence-electron chi connectivity index (χ2n) is 5.69. The maximum absolute atomic E-state index is 11.9. The Morgan fingerprint density at radius 3 is 3.00 bits per heavy atom. The molecule has 0 radical (unpaired) electrons. The average Bonchev–Trinajstić information content (AvgIpc) is 2.44. The van der Waals surface area contributed by atoms with Crippen molar-refractivity contribution >= 4 is 17.5 Å². The van der Waals surface area contributed by atoms with Gasteiger partial charge in [0.2, 0.25) is 0 Å². The third-order valence-electron chi connectivity index (χ3n) is 3.28. The van der Waals surface area contributed by atoms with Crippen LogP contribution in [0.5, 0.6) is 0 Å². The number of nitrogen functional groups attached to an aromatic ring is 1. The molecule has 0 saturated carbocycles. The highest BCUT2D eigenvalue weighted by Gasteiger charge is 2.35. The number of aromatic nitrogens is 1. The molecule has 0 spiro atoms. The van der Waals surface area contributed by atoms with Gasteiger partial charge in [-0.15, -0.1) is 0 Å². The van der Waals surface area contributed by atoms with Gasteiger partial charge in [0.1, 0.15) is 11.4 Å². The highest BCUT2D eigenvalue weighted by Crippen LogP contribution is 2.28. The summed E-state index contributed by atoms with van der Waals surface area (Å²) in [6, 6.07) is 1.55. The van der Waals surface area contributed by atoms with E-state index in [1.54, 1.807) is 6.07 Å². The van der Waals surface area contributed by atoms with Crippen LogP contribution in [0.4, 0.5) is 11.5 Å². The molecule has 116 valence electrons. The Kier molecular flexibility index (Phi) is 4.34. The molecule has 0 aliphatic carbocycles. The van der Waals surface area contributed by atoms with Gasteiger partial charge in [0.15, 0.2) is 0 Å². The number of pyridine rings is 1. The van der Waals surface area contributed by atoms with Gasteiger partial charge < -0.3 is 25.2 Å².